The van der Waals surface area contributed by atoms with E-state index >= 15 is 0 Å². The predicted octanol–water partition coefficient (Wildman–Crippen LogP) is 3.77. The van der Waals surface area contributed by atoms with Crippen molar-refractivity contribution in [3.8, 4) is 0 Å². The average Bonchev–Trinajstić information content (AvgIpc) is 2.26. The zero-order valence-electron chi connectivity index (χ0n) is 9.92. The first-order valence-electron chi connectivity index (χ1n) is 5.46. The molecule has 0 amide bonds. The Labute approximate surface area is 100 Å². The Bertz CT molecular complexity index is 530. The lowest BCUT2D eigenvalue weighted by Gasteiger charge is -2.14. The Balaban J connectivity index is 2.38. The van der Waals surface area contributed by atoms with Crippen LogP contribution in [-0.2, 0) is 0 Å². The molecule has 0 radical (unpaired) electrons. The molecule has 2 aromatic carbocycles. The number of halogens is 1. The van der Waals surface area contributed by atoms with Crippen molar-refractivity contribution in [2.45, 2.75) is 13.8 Å². The summed E-state index contributed by atoms with van der Waals surface area (Å²) in [7, 11) is 0. The largest absolute Gasteiger partial charge is 0.397 e. The van der Waals surface area contributed by atoms with E-state index in [1.165, 1.54) is 12.1 Å². The summed E-state index contributed by atoms with van der Waals surface area (Å²) in [4.78, 5) is 0. The second kappa shape index (κ2) is 4.45. The molecule has 3 heteroatoms. The van der Waals surface area contributed by atoms with Gasteiger partial charge in [-0.1, -0.05) is 18.2 Å². The molecule has 0 aliphatic carbocycles. The molecule has 0 saturated heterocycles. The van der Waals surface area contributed by atoms with Crippen LogP contribution in [0.25, 0.3) is 0 Å². The van der Waals surface area contributed by atoms with Crippen LogP contribution in [0.2, 0.25) is 0 Å². The van der Waals surface area contributed by atoms with E-state index in [1.54, 1.807) is 6.07 Å². The fraction of sp³-hybridized carbons (Fsp3) is 0.143. The molecule has 0 bridgehead atoms. The number of hydrogen-bond donors (Lipinski definition) is 2. The Morgan fingerprint density at radius 2 is 1.71 bits per heavy atom. The Kier molecular flexibility index (Phi) is 3.00. The minimum absolute atomic E-state index is 0.324. The summed E-state index contributed by atoms with van der Waals surface area (Å²) in [5.74, 6) is -0.324. The van der Waals surface area contributed by atoms with Crippen LogP contribution in [0, 0.1) is 19.7 Å². The Hall–Kier alpha value is -2.03. The number of nitrogens with two attached hydrogens (primary N) is 1. The normalized spacial score (nSPS) is 10.3. The van der Waals surface area contributed by atoms with Gasteiger partial charge < -0.3 is 11.1 Å². The molecule has 0 unspecified atom stereocenters. The Morgan fingerprint density at radius 3 is 2.29 bits per heavy atom. The third-order valence-electron chi connectivity index (χ3n) is 2.75. The number of nitrogens with one attached hydrogen (secondary N) is 1. The van der Waals surface area contributed by atoms with Gasteiger partial charge in [-0.2, -0.15) is 0 Å². The van der Waals surface area contributed by atoms with Crippen LogP contribution in [0.4, 0.5) is 21.5 Å². The molecule has 0 aliphatic heterocycles. The summed E-state index contributed by atoms with van der Waals surface area (Å²) < 4.78 is 12.9. The van der Waals surface area contributed by atoms with Gasteiger partial charge in [-0.15, -0.1) is 0 Å². The van der Waals surface area contributed by atoms with Crippen LogP contribution in [0.3, 0.4) is 0 Å². The summed E-state index contributed by atoms with van der Waals surface area (Å²) in [5, 5.41) is 3.24. The summed E-state index contributed by atoms with van der Waals surface area (Å²) in [5.41, 5.74) is 10.2. The molecular formula is C14H15FN2. The van der Waals surface area contributed by atoms with E-state index in [0.717, 1.165) is 22.5 Å². The smallest absolute Gasteiger partial charge is 0.125 e. The fourth-order valence-electron chi connectivity index (χ4n) is 1.79. The highest BCUT2D eigenvalue weighted by Crippen LogP contribution is 2.28. The number of anilines is 3. The van der Waals surface area contributed by atoms with Crippen LogP contribution >= 0.6 is 0 Å². The lowest BCUT2D eigenvalue weighted by atomic mass is 10.1. The number of para-hydroxylation sites is 1. The first kappa shape index (κ1) is 11.5. The third-order valence-corrected chi connectivity index (χ3v) is 2.75. The predicted molar refractivity (Wildman–Crippen MR) is 70.0 cm³/mol. The molecule has 2 nitrogen and oxygen atoms in total. The van der Waals surface area contributed by atoms with Crippen molar-refractivity contribution < 1.29 is 4.39 Å². The van der Waals surface area contributed by atoms with Gasteiger partial charge in [0.25, 0.3) is 0 Å². The van der Waals surface area contributed by atoms with Crippen molar-refractivity contribution in [3.05, 3.63) is 53.3 Å². The minimum atomic E-state index is -0.324. The van der Waals surface area contributed by atoms with Gasteiger partial charge in [0.15, 0.2) is 0 Å². The molecule has 0 heterocycles. The van der Waals surface area contributed by atoms with Gasteiger partial charge in [-0.05, 0) is 43.2 Å². The van der Waals surface area contributed by atoms with E-state index in [4.69, 9.17) is 5.73 Å². The van der Waals surface area contributed by atoms with Gasteiger partial charge in [-0.3, -0.25) is 0 Å². The third kappa shape index (κ3) is 2.38. The molecule has 88 valence electrons. The van der Waals surface area contributed by atoms with Gasteiger partial charge >= 0.3 is 0 Å². The average molecular weight is 230 g/mol. The first-order chi connectivity index (χ1) is 8.08. The highest BCUT2D eigenvalue weighted by molar-refractivity contribution is 5.75. The number of rotatable bonds is 2. The van der Waals surface area contributed by atoms with Crippen LogP contribution in [0.15, 0.2) is 36.4 Å². The van der Waals surface area contributed by atoms with E-state index < -0.39 is 0 Å². The van der Waals surface area contributed by atoms with Crippen molar-refractivity contribution in [2.75, 3.05) is 11.1 Å². The number of nitrogen functional groups attached to an aromatic ring is 1. The lowest BCUT2D eigenvalue weighted by molar-refractivity contribution is 0.628. The maximum absolute atomic E-state index is 12.9. The molecule has 2 rings (SSSR count). The van der Waals surface area contributed by atoms with Crippen LogP contribution < -0.4 is 11.1 Å². The van der Waals surface area contributed by atoms with Gasteiger partial charge in [0, 0.05) is 5.69 Å². The summed E-state index contributed by atoms with van der Waals surface area (Å²) in [6.45, 7) is 4.05. The quantitative estimate of drug-likeness (QED) is 0.771. The molecule has 3 N–H and O–H groups in total. The summed E-state index contributed by atoms with van der Waals surface area (Å²) in [6, 6.07) is 10.4. The standard InChI is InChI=1S/C14H15FN2/c1-9-4-3-5-10(2)14(9)17-13-7-6-11(15)8-12(13)16/h3-8,17H,16H2,1-2H3. The monoisotopic (exact) mass is 230 g/mol. The topological polar surface area (TPSA) is 38.0 Å². The van der Waals surface area contributed by atoms with Gasteiger partial charge in [0.2, 0.25) is 0 Å². The van der Waals surface area contributed by atoms with E-state index in [9.17, 15) is 4.39 Å². The molecule has 0 fully saturated rings. The maximum Gasteiger partial charge on any atom is 0.125 e. The fourth-order valence-corrected chi connectivity index (χ4v) is 1.79. The highest BCUT2D eigenvalue weighted by atomic mass is 19.1. The zero-order valence-corrected chi connectivity index (χ0v) is 9.92. The molecule has 0 aliphatic rings. The van der Waals surface area contributed by atoms with E-state index in [2.05, 4.69) is 5.32 Å². The highest BCUT2D eigenvalue weighted by Gasteiger charge is 2.05. The van der Waals surface area contributed by atoms with Gasteiger partial charge in [-0.25, -0.2) is 4.39 Å². The first-order valence-corrected chi connectivity index (χ1v) is 5.46. The molecule has 0 aromatic heterocycles. The molecular weight excluding hydrogens is 215 g/mol. The van der Waals surface area contributed by atoms with E-state index in [0.29, 0.717) is 5.69 Å². The number of hydrogen-bond acceptors (Lipinski definition) is 2. The molecule has 0 saturated carbocycles. The molecule has 2 aromatic rings. The summed E-state index contributed by atoms with van der Waals surface area (Å²) in [6.07, 6.45) is 0. The second-order valence-corrected chi connectivity index (χ2v) is 4.12. The van der Waals surface area contributed by atoms with Crippen molar-refractivity contribution in [2.24, 2.45) is 0 Å². The minimum Gasteiger partial charge on any atom is -0.397 e. The number of benzene rings is 2. The molecule has 0 spiro atoms. The van der Waals surface area contributed by atoms with E-state index in [1.807, 2.05) is 32.0 Å². The maximum atomic E-state index is 12.9. The van der Waals surface area contributed by atoms with Gasteiger partial charge in [0.1, 0.15) is 5.82 Å². The Morgan fingerprint density at radius 1 is 1.06 bits per heavy atom. The van der Waals surface area contributed by atoms with Crippen LogP contribution in [0.5, 0.6) is 0 Å². The van der Waals surface area contributed by atoms with Crippen molar-refractivity contribution in [1.82, 2.24) is 0 Å². The zero-order chi connectivity index (χ0) is 12.4. The second-order valence-electron chi connectivity index (χ2n) is 4.12. The van der Waals surface area contributed by atoms with E-state index in [-0.39, 0.29) is 5.82 Å². The van der Waals surface area contributed by atoms with Crippen LogP contribution in [-0.4, -0.2) is 0 Å². The van der Waals surface area contributed by atoms with Crippen molar-refractivity contribution in [3.63, 3.8) is 0 Å². The lowest BCUT2D eigenvalue weighted by Crippen LogP contribution is -2.00. The molecule has 17 heavy (non-hydrogen) atoms. The SMILES string of the molecule is Cc1cccc(C)c1Nc1ccc(F)cc1N. The summed E-state index contributed by atoms with van der Waals surface area (Å²) >= 11 is 0. The van der Waals surface area contributed by atoms with Gasteiger partial charge in [0.05, 0.1) is 11.4 Å². The number of aryl methyl sites for hydroxylation is 2. The molecule has 0 atom stereocenters. The van der Waals surface area contributed by atoms with Crippen LogP contribution in [0.1, 0.15) is 11.1 Å². The van der Waals surface area contributed by atoms with Crippen molar-refractivity contribution in [1.29, 1.82) is 0 Å². The van der Waals surface area contributed by atoms with Crippen molar-refractivity contribution >= 4 is 17.1 Å².